The molecular weight excluding hydrogens is 164 g/mol. The van der Waals surface area contributed by atoms with Gasteiger partial charge in [-0.2, -0.15) is 0 Å². The first-order valence-electron chi connectivity index (χ1n) is 4.82. The van der Waals surface area contributed by atoms with Gasteiger partial charge in [-0.05, 0) is 18.3 Å². The van der Waals surface area contributed by atoms with Gasteiger partial charge < -0.3 is 10.5 Å². The van der Waals surface area contributed by atoms with Gasteiger partial charge in [-0.1, -0.05) is 20.8 Å². The largest absolute Gasteiger partial charge is 0.388 e. The zero-order chi connectivity index (χ0) is 10.3. The van der Waals surface area contributed by atoms with Crippen LogP contribution in [0.25, 0.3) is 0 Å². The van der Waals surface area contributed by atoms with Crippen LogP contribution in [0.5, 0.6) is 0 Å². The second kappa shape index (κ2) is 5.97. The van der Waals surface area contributed by atoms with Crippen LogP contribution in [0.1, 0.15) is 40.0 Å². The van der Waals surface area contributed by atoms with Crippen LogP contribution >= 0.6 is 0 Å². The van der Waals surface area contributed by atoms with Crippen LogP contribution in [0.3, 0.4) is 0 Å². The Bertz CT molecular complexity index is 149. The molecule has 0 unspecified atom stereocenters. The molecule has 0 aliphatic heterocycles. The number of hydrogen-bond donors (Lipinski definition) is 2. The van der Waals surface area contributed by atoms with Gasteiger partial charge in [0.25, 0.3) is 0 Å². The van der Waals surface area contributed by atoms with Gasteiger partial charge >= 0.3 is 0 Å². The molecule has 0 aliphatic rings. The number of hydrogen-bond acceptors (Lipinski definition) is 2. The Labute approximate surface area is 81.2 Å². The van der Waals surface area contributed by atoms with E-state index in [4.69, 9.17) is 15.9 Å². The molecule has 3 heteroatoms. The van der Waals surface area contributed by atoms with Crippen molar-refractivity contribution >= 4 is 5.84 Å². The van der Waals surface area contributed by atoms with Crippen molar-refractivity contribution in [3.05, 3.63) is 0 Å². The van der Waals surface area contributed by atoms with Crippen molar-refractivity contribution in [3.8, 4) is 0 Å². The van der Waals surface area contributed by atoms with Gasteiger partial charge in [0.15, 0.2) is 0 Å². The van der Waals surface area contributed by atoms with Crippen molar-refractivity contribution in [2.75, 3.05) is 13.2 Å². The Kier molecular flexibility index (Phi) is 5.71. The van der Waals surface area contributed by atoms with Crippen LogP contribution in [0.4, 0.5) is 0 Å². The summed E-state index contributed by atoms with van der Waals surface area (Å²) in [5.74, 6) is 0.249. The van der Waals surface area contributed by atoms with E-state index in [0.717, 1.165) is 26.1 Å². The first-order chi connectivity index (χ1) is 5.92. The van der Waals surface area contributed by atoms with Gasteiger partial charge in [0.2, 0.25) is 0 Å². The summed E-state index contributed by atoms with van der Waals surface area (Å²) in [4.78, 5) is 0. The molecule has 0 aromatic heterocycles. The average molecular weight is 186 g/mol. The van der Waals surface area contributed by atoms with E-state index < -0.39 is 0 Å². The fourth-order valence-corrected chi connectivity index (χ4v) is 0.845. The van der Waals surface area contributed by atoms with Crippen LogP contribution < -0.4 is 5.73 Å². The summed E-state index contributed by atoms with van der Waals surface area (Å²) in [6.45, 7) is 8.13. The zero-order valence-corrected chi connectivity index (χ0v) is 9.02. The second-order valence-corrected chi connectivity index (χ2v) is 4.55. The molecule has 0 aromatic carbocycles. The van der Waals surface area contributed by atoms with Crippen LogP contribution in [-0.4, -0.2) is 19.0 Å². The van der Waals surface area contributed by atoms with Crippen LogP contribution in [0.2, 0.25) is 0 Å². The molecule has 3 nitrogen and oxygen atoms in total. The molecule has 0 saturated carbocycles. The maximum absolute atomic E-state index is 7.00. The Morgan fingerprint density at radius 2 is 1.92 bits per heavy atom. The molecule has 0 aromatic rings. The minimum Gasteiger partial charge on any atom is -0.388 e. The summed E-state index contributed by atoms with van der Waals surface area (Å²) in [5, 5.41) is 7.00. The van der Waals surface area contributed by atoms with Crippen molar-refractivity contribution in [1.29, 1.82) is 5.41 Å². The first-order valence-corrected chi connectivity index (χ1v) is 4.82. The van der Waals surface area contributed by atoms with E-state index in [1.165, 1.54) is 0 Å². The van der Waals surface area contributed by atoms with E-state index in [9.17, 15) is 0 Å². The van der Waals surface area contributed by atoms with Crippen molar-refractivity contribution in [1.82, 2.24) is 0 Å². The predicted molar refractivity (Wildman–Crippen MR) is 56.0 cm³/mol. The molecule has 13 heavy (non-hydrogen) atoms. The van der Waals surface area contributed by atoms with Gasteiger partial charge in [0, 0.05) is 19.6 Å². The van der Waals surface area contributed by atoms with E-state index in [1.807, 2.05) is 0 Å². The van der Waals surface area contributed by atoms with Gasteiger partial charge in [-0.3, -0.25) is 5.41 Å². The van der Waals surface area contributed by atoms with E-state index in [1.54, 1.807) is 0 Å². The average Bonchev–Trinajstić information content (AvgIpc) is 1.93. The van der Waals surface area contributed by atoms with Gasteiger partial charge in [-0.15, -0.1) is 0 Å². The molecule has 0 amide bonds. The Morgan fingerprint density at radius 1 is 1.31 bits per heavy atom. The van der Waals surface area contributed by atoms with Gasteiger partial charge in [0.05, 0.1) is 5.84 Å². The Morgan fingerprint density at radius 3 is 2.38 bits per heavy atom. The van der Waals surface area contributed by atoms with Gasteiger partial charge in [-0.25, -0.2) is 0 Å². The lowest BCUT2D eigenvalue weighted by Crippen LogP contribution is -2.12. The summed E-state index contributed by atoms with van der Waals surface area (Å²) >= 11 is 0. The van der Waals surface area contributed by atoms with E-state index >= 15 is 0 Å². The lowest BCUT2D eigenvalue weighted by molar-refractivity contribution is 0.107. The summed E-state index contributed by atoms with van der Waals surface area (Å²) in [6, 6.07) is 0. The molecule has 0 fully saturated rings. The lowest BCUT2D eigenvalue weighted by atomic mass is 9.93. The highest BCUT2D eigenvalue weighted by Gasteiger charge is 2.08. The quantitative estimate of drug-likeness (QED) is 0.379. The molecule has 0 aliphatic carbocycles. The minimum atomic E-state index is 0.249. The van der Waals surface area contributed by atoms with Crippen LogP contribution in [0.15, 0.2) is 0 Å². The molecule has 0 saturated heterocycles. The van der Waals surface area contributed by atoms with Crippen molar-refractivity contribution < 1.29 is 4.74 Å². The molecule has 0 bridgehead atoms. The van der Waals surface area contributed by atoms with Crippen molar-refractivity contribution in [2.24, 2.45) is 11.1 Å². The number of nitrogens with two attached hydrogens (primary N) is 1. The predicted octanol–water partition coefficient (Wildman–Crippen LogP) is 2.16. The van der Waals surface area contributed by atoms with Crippen LogP contribution in [-0.2, 0) is 4.74 Å². The third-order valence-corrected chi connectivity index (χ3v) is 1.73. The third-order valence-electron chi connectivity index (χ3n) is 1.73. The minimum absolute atomic E-state index is 0.249. The molecule has 0 atom stereocenters. The number of ether oxygens (including phenoxy) is 1. The normalized spacial score (nSPS) is 11.6. The fourth-order valence-electron chi connectivity index (χ4n) is 0.845. The number of amidine groups is 1. The van der Waals surface area contributed by atoms with Gasteiger partial charge in [0.1, 0.15) is 0 Å². The molecular formula is C10H22N2O. The maximum atomic E-state index is 7.00. The fraction of sp³-hybridized carbons (Fsp3) is 0.900. The molecule has 0 radical (unpaired) electrons. The highest BCUT2D eigenvalue weighted by molar-refractivity contribution is 5.76. The summed E-state index contributed by atoms with van der Waals surface area (Å²) in [7, 11) is 0. The second-order valence-electron chi connectivity index (χ2n) is 4.55. The third kappa shape index (κ3) is 11.4. The van der Waals surface area contributed by atoms with E-state index in [0.29, 0.717) is 11.8 Å². The monoisotopic (exact) mass is 186 g/mol. The van der Waals surface area contributed by atoms with E-state index in [-0.39, 0.29) is 5.84 Å². The number of rotatable bonds is 6. The van der Waals surface area contributed by atoms with Crippen molar-refractivity contribution in [2.45, 2.75) is 40.0 Å². The molecule has 0 rings (SSSR count). The molecule has 0 spiro atoms. The topological polar surface area (TPSA) is 59.1 Å². The summed E-state index contributed by atoms with van der Waals surface area (Å²) in [6.07, 6.45) is 2.59. The highest BCUT2D eigenvalue weighted by atomic mass is 16.5. The Hall–Kier alpha value is -0.570. The highest BCUT2D eigenvalue weighted by Crippen LogP contribution is 2.17. The standard InChI is InChI=1S/C10H22N2O/c1-10(2,3)6-8-13-7-4-5-9(11)12/h4-8H2,1-3H3,(H3,11,12). The van der Waals surface area contributed by atoms with Crippen molar-refractivity contribution in [3.63, 3.8) is 0 Å². The molecule has 3 N–H and O–H groups in total. The zero-order valence-electron chi connectivity index (χ0n) is 9.02. The number of nitrogens with one attached hydrogen (secondary N) is 1. The summed E-state index contributed by atoms with van der Waals surface area (Å²) < 4.78 is 5.41. The van der Waals surface area contributed by atoms with Crippen LogP contribution in [0, 0.1) is 10.8 Å². The van der Waals surface area contributed by atoms with E-state index in [2.05, 4.69) is 20.8 Å². The maximum Gasteiger partial charge on any atom is 0.0906 e. The molecule has 78 valence electrons. The smallest absolute Gasteiger partial charge is 0.0906 e. The Balaban J connectivity index is 3.13. The first kappa shape index (κ1) is 12.4. The lowest BCUT2D eigenvalue weighted by Gasteiger charge is -2.17. The SMILES string of the molecule is CC(C)(C)CCOCCCC(=N)N. The molecule has 0 heterocycles. The summed E-state index contributed by atoms with van der Waals surface area (Å²) in [5.41, 5.74) is 5.55.